The zero-order valence-electron chi connectivity index (χ0n) is 11.9. The molecule has 0 aromatic rings. The molecule has 0 spiro atoms. The fourth-order valence-electron chi connectivity index (χ4n) is 2.72. The lowest BCUT2D eigenvalue weighted by Gasteiger charge is -2.37. The molecule has 1 unspecified atom stereocenters. The van der Waals surface area contributed by atoms with Crippen molar-refractivity contribution in [3.63, 3.8) is 0 Å². The van der Waals surface area contributed by atoms with E-state index in [0.29, 0.717) is 18.1 Å². The molecule has 1 saturated carbocycles. The number of carbonyl (C=O) groups is 2. The molecule has 2 heteroatoms. The van der Waals surface area contributed by atoms with Gasteiger partial charge in [0.1, 0.15) is 11.6 Å². The maximum absolute atomic E-state index is 11.9. The smallest absolute Gasteiger partial charge is 0.136 e. The Morgan fingerprint density at radius 2 is 2.00 bits per heavy atom. The van der Waals surface area contributed by atoms with Gasteiger partial charge in [0, 0.05) is 18.3 Å². The molecule has 1 aliphatic rings. The standard InChI is InChI=1S/C15H26O2/c1-10(11(2)16)8-12-9-13(15(3,4)5)6-7-14(12)17/h10,12-13H,6-9H2,1-5H3/t10?,12-,13-/m1/s1. The van der Waals surface area contributed by atoms with Crippen molar-refractivity contribution in [1.29, 1.82) is 0 Å². The van der Waals surface area contributed by atoms with E-state index in [4.69, 9.17) is 0 Å². The van der Waals surface area contributed by atoms with E-state index in [9.17, 15) is 9.59 Å². The second kappa shape index (κ2) is 5.32. The summed E-state index contributed by atoms with van der Waals surface area (Å²) in [6.45, 7) is 10.3. The molecular weight excluding hydrogens is 212 g/mol. The molecule has 0 saturated heterocycles. The second-order valence-corrected chi connectivity index (χ2v) is 6.75. The highest BCUT2D eigenvalue weighted by Gasteiger charge is 2.35. The molecule has 0 aromatic heterocycles. The quantitative estimate of drug-likeness (QED) is 0.752. The Morgan fingerprint density at radius 1 is 1.41 bits per heavy atom. The molecule has 0 aliphatic heterocycles. The van der Waals surface area contributed by atoms with E-state index in [2.05, 4.69) is 20.8 Å². The molecule has 0 bridgehead atoms. The highest BCUT2D eigenvalue weighted by molar-refractivity contribution is 5.83. The minimum absolute atomic E-state index is 0.0302. The van der Waals surface area contributed by atoms with Crippen LogP contribution in [-0.4, -0.2) is 11.6 Å². The van der Waals surface area contributed by atoms with E-state index < -0.39 is 0 Å². The molecule has 0 amide bonds. The minimum atomic E-state index is 0.0302. The van der Waals surface area contributed by atoms with Gasteiger partial charge in [-0.1, -0.05) is 27.7 Å². The van der Waals surface area contributed by atoms with E-state index in [1.807, 2.05) is 6.92 Å². The van der Waals surface area contributed by atoms with Crippen molar-refractivity contribution < 1.29 is 9.59 Å². The van der Waals surface area contributed by atoms with Crippen LogP contribution in [0.3, 0.4) is 0 Å². The average Bonchev–Trinajstić information content (AvgIpc) is 2.19. The summed E-state index contributed by atoms with van der Waals surface area (Å²) in [6.07, 6.45) is 3.45. The van der Waals surface area contributed by atoms with Crippen LogP contribution in [0.25, 0.3) is 0 Å². The number of ketones is 2. The van der Waals surface area contributed by atoms with Gasteiger partial charge < -0.3 is 0 Å². The normalized spacial score (nSPS) is 27.9. The van der Waals surface area contributed by atoms with Gasteiger partial charge in [-0.05, 0) is 37.5 Å². The average molecular weight is 238 g/mol. The van der Waals surface area contributed by atoms with Gasteiger partial charge in [-0.2, -0.15) is 0 Å². The number of hydrogen-bond donors (Lipinski definition) is 0. The van der Waals surface area contributed by atoms with Crippen LogP contribution < -0.4 is 0 Å². The van der Waals surface area contributed by atoms with Crippen LogP contribution in [0.2, 0.25) is 0 Å². The lowest BCUT2D eigenvalue weighted by Crippen LogP contribution is -2.33. The van der Waals surface area contributed by atoms with Gasteiger partial charge in [-0.3, -0.25) is 9.59 Å². The summed E-state index contributed by atoms with van der Waals surface area (Å²) in [5, 5.41) is 0. The molecule has 3 atom stereocenters. The molecule has 2 nitrogen and oxygen atoms in total. The van der Waals surface area contributed by atoms with Crippen LogP contribution in [-0.2, 0) is 9.59 Å². The maximum atomic E-state index is 11.9. The van der Waals surface area contributed by atoms with E-state index in [1.165, 1.54) is 0 Å². The van der Waals surface area contributed by atoms with Crippen LogP contribution in [0.15, 0.2) is 0 Å². The summed E-state index contributed by atoms with van der Waals surface area (Å²) in [7, 11) is 0. The predicted molar refractivity (Wildman–Crippen MR) is 69.8 cm³/mol. The van der Waals surface area contributed by atoms with E-state index in [0.717, 1.165) is 19.3 Å². The van der Waals surface area contributed by atoms with E-state index in [-0.39, 0.29) is 23.0 Å². The number of hydrogen-bond acceptors (Lipinski definition) is 2. The first-order chi connectivity index (χ1) is 7.71. The van der Waals surface area contributed by atoms with E-state index >= 15 is 0 Å². The number of carbonyl (C=O) groups excluding carboxylic acids is 2. The molecule has 0 aromatic carbocycles. The zero-order chi connectivity index (χ0) is 13.2. The lowest BCUT2D eigenvalue weighted by molar-refractivity contribution is -0.128. The summed E-state index contributed by atoms with van der Waals surface area (Å²) < 4.78 is 0. The first-order valence-electron chi connectivity index (χ1n) is 6.75. The SMILES string of the molecule is CC(=O)C(C)C[C@@H]1C[C@H](C(C)(C)C)CCC1=O. The largest absolute Gasteiger partial charge is 0.300 e. The van der Waals surface area contributed by atoms with Crippen molar-refractivity contribution in [3.8, 4) is 0 Å². The fourth-order valence-corrected chi connectivity index (χ4v) is 2.72. The number of Topliss-reactive ketones (excluding diaryl/α,β-unsaturated/α-hetero) is 2. The Balaban J connectivity index is 2.64. The van der Waals surface area contributed by atoms with Gasteiger partial charge in [0.05, 0.1) is 0 Å². The summed E-state index contributed by atoms with van der Waals surface area (Å²) >= 11 is 0. The Bertz CT molecular complexity index is 299. The molecule has 1 aliphatic carbocycles. The van der Waals surface area contributed by atoms with Crippen molar-refractivity contribution >= 4 is 11.6 Å². The van der Waals surface area contributed by atoms with Crippen LogP contribution in [0.1, 0.15) is 60.3 Å². The third-order valence-electron chi connectivity index (χ3n) is 4.32. The van der Waals surface area contributed by atoms with E-state index in [1.54, 1.807) is 6.92 Å². The monoisotopic (exact) mass is 238 g/mol. The van der Waals surface area contributed by atoms with Gasteiger partial charge in [0.25, 0.3) is 0 Å². The molecule has 0 heterocycles. The van der Waals surface area contributed by atoms with Crippen molar-refractivity contribution in [3.05, 3.63) is 0 Å². The van der Waals surface area contributed by atoms with Crippen LogP contribution in [0, 0.1) is 23.2 Å². The van der Waals surface area contributed by atoms with Crippen molar-refractivity contribution in [2.24, 2.45) is 23.2 Å². The van der Waals surface area contributed by atoms with Gasteiger partial charge in [0.2, 0.25) is 0 Å². The third-order valence-corrected chi connectivity index (χ3v) is 4.32. The van der Waals surface area contributed by atoms with Crippen LogP contribution >= 0.6 is 0 Å². The summed E-state index contributed by atoms with van der Waals surface area (Å²) in [5.74, 6) is 1.34. The zero-order valence-corrected chi connectivity index (χ0v) is 11.9. The molecule has 1 rings (SSSR count). The predicted octanol–water partition coefficient (Wildman–Crippen LogP) is 3.63. The number of rotatable bonds is 3. The van der Waals surface area contributed by atoms with Crippen LogP contribution in [0.5, 0.6) is 0 Å². The van der Waals surface area contributed by atoms with Crippen molar-refractivity contribution in [2.45, 2.75) is 60.3 Å². The summed E-state index contributed by atoms with van der Waals surface area (Å²) in [4.78, 5) is 23.2. The molecule has 98 valence electrons. The lowest BCUT2D eigenvalue weighted by atomic mass is 9.67. The van der Waals surface area contributed by atoms with Gasteiger partial charge in [-0.15, -0.1) is 0 Å². The van der Waals surface area contributed by atoms with Crippen LogP contribution in [0.4, 0.5) is 0 Å². The third kappa shape index (κ3) is 3.93. The fraction of sp³-hybridized carbons (Fsp3) is 0.867. The first kappa shape index (κ1) is 14.4. The second-order valence-electron chi connectivity index (χ2n) is 6.75. The molecular formula is C15H26O2. The van der Waals surface area contributed by atoms with Crippen molar-refractivity contribution in [1.82, 2.24) is 0 Å². The van der Waals surface area contributed by atoms with Gasteiger partial charge >= 0.3 is 0 Å². The minimum Gasteiger partial charge on any atom is -0.300 e. The Morgan fingerprint density at radius 3 is 2.47 bits per heavy atom. The maximum Gasteiger partial charge on any atom is 0.136 e. The summed E-state index contributed by atoms with van der Waals surface area (Å²) in [6, 6.07) is 0. The topological polar surface area (TPSA) is 34.1 Å². The van der Waals surface area contributed by atoms with Gasteiger partial charge in [0.15, 0.2) is 0 Å². The first-order valence-corrected chi connectivity index (χ1v) is 6.75. The molecule has 1 fully saturated rings. The molecule has 17 heavy (non-hydrogen) atoms. The van der Waals surface area contributed by atoms with Gasteiger partial charge in [-0.25, -0.2) is 0 Å². The Kier molecular flexibility index (Phi) is 4.51. The Labute approximate surface area is 105 Å². The molecule has 0 N–H and O–H groups in total. The Hall–Kier alpha value is -0.660. The highest BCUT2D eigenvalue weighted by Crippen LogP contribution is 2.40. The molecule has 0 radical (unpaired) electrons. The highest BCUT2D eigenvalue weighted by atomic mass is 16.1. The summed E-state index contributed by atoms with van der Waals surface area (Å²) in [5.41, 5.74) is 0.276. The van der Waals surface area contributed by atoms with Crippen molar-refractivity contribution in [2.75, 3.05) is 0 Å².